The van der Waals surface area contributed by atoms with Gasteiger partial charge in [-0.2, -0.15) is 26.3 Å². The lowest BCUT2D eigenvalue weighted by Crippen LogP contribution is -2.22. The van der Waals surface area contributed by atoms with E-state index in [1.165, 1.54) is 0 Å². The van der Waals surface area contributed by atoms with Gasteiger partial charge in [0.15, 0.2) is 34.9 Å². The Bertz CT molecular complexity index is 843. The van der Waals surface area contributed by atoms with Crippen molar-refractivity contribution in [3.05, 3.63) is 46.0 Å². The van der Waals surface area contributed by atoms with E-state index in [0.717, 1.165) is 0 Å². The van der Waals surface area contributed by atoms with E-state index in [4.69, 9.17) is 0 Å². The Morgan fingerprint density at radius 1 is 0.375 bits per heavy atom. The normalized spacial score (nSPS) is 13.0. The van der Waals surface area contributed by atoms with Crippen molar-refractivity contribution in [3.63, 3.8) is 0 Å². The van der Waals surface area contributed by atoms with Crippen LogP contribution in [-0.4, -0.2) is 0 Å². The van der Waals surface area contributed by atoms with Gasteiger partial charge in [-0.1, -0.05) is 0 Å². The minimum Gasteiger partial charge on any atom is -0.203 e. The smallest absolute Gasteiger partial charge is 0.203 e. The zero-order valence-electron chi connectivity index (χ0n) is 10.5. The van der Waals surface area contributed by atoms with Crippen molar-refractivity contribution in [1.82, 2.24) is 0 Å². The number of benzene rings is 2. The standard InChI is InChI=1S/C12F12/c13-5-1-2(7(15)10(18)9(5)17)6(14)8(16)4(12(22,23)24)3(1)11(19,20)21. The predicted molar refractivity (Wildman–Crippen MR) is 53.7 cm³/mol. The Balaban J connectivity index is 3.33. The van der Waals surface area contributed by atoms with Gasteiger partial charge in [0, 0.05) is 5.39 Å². The maximum Gasteiger partial charge on any atom is 0.419 e. The summed E-state index contributed by atoms with van der Waals surface area (Å²) in [5, 5.41) is -5.03. The van der Waals surface area contributed by atoms with Crippen LogP contribution < -0.4 is 0 Å². The van der Waals surface area contributed by atoms with Gasteiger partial charge in [0.05, 0.1) is 10.9 Å². The summed E-state index contributed by atoms with van der Waals surface area (Å²) in [7, 11) is 0. The second kappa shape index (κ2) is 5.18. The van der Waals surface area contributed by atoms with Crippen LogP contribution in [0.4, 0.5) is 52.7 Å². The third-order valence-corrected chi connectivity index (χ3v) is 2.97. The molecule has 24 heavy (non-hydrogen) atoms. The van der Waals surface area contributed by atoms with Crippen LogP contribution in [0.3, 0.4) is 0 Å². The molecule has 0 saturated heterocycles. The van der Waals surface area contributed by atoms with Crippen LogP contribution in [0.25, 0.3) is 10.8 Å². The van der Waals surface area contributed by atoms with Gasteiger partial charge < -0.3 is 0 Å². The molecule has 12 heteroatoms. The first-order chi connectivity index (χ1) is 10.7. The van der Waals surface area contributed by atoms with Gasteiger partial charge in [0.1, 0.15) is 5.56 Å². The van der Waals surface area contributed by atoms with Crippen LogP contribution in [0, 0.1) is 34.9 Å². The molecule has 0 radical (unpaired) electrons. The number of halogens is 12. The molecule has 0 amide bonds. The highest BCUT2D eigenvalue weighted by Crippen LogP contribution is 2.48. The van der Waals surface area contributed by atoms with E-state index in [1.807, 2.05) is 0 Å². The molecule has 2 aromatic rings. The zero-order chi connectivity index (χ0) is 18.8. The summed E-state index contributed by atoms with van der Waals surface area (Å²) < 4.78 is 157. The van der Waals surface area contributed by atoms with Crippen LogP contribution in [0.1, 0.15) is 11.1 Å². The Hall–Kier alpha value is -2.14. The van der Waals surface area contributed by atoms with E-state index < -0.39 is 69.2 Å². The van der Waals surface area contributed by atoms with Gasteiger partial charge in [-0.05, 0) is 0 Å². The maximum atomic E-state index is 13.6. The summed E-state index contributed by atoms with van der Waals surface area (Å²) in [5.74, 6) is -17.6. The van der Waals surface area contributed by atoms with Gasteiger partial charge >= 0.3 is 12.4 Å². The number of alkyl halides is 6. The molecular formula is C12F12. The minimum atomic E-state index is -6.20. The molecule has 132 valence electrons. The molecule has 0 fully saturated rings. The first kappa shape index (κ1) is 18.2. The fraction of sp³-hybridized carbons (Fsp3) is 0.167. The molecule has 0 aromatic heterocycles. The van der Waals surface area contributed by atoms with Crippen molar-refractivity contribution in [1.29, 1.82) is 0 Å². The minimum absolute atomic E-state index is 2.43. The Morgan fingerprint density at radius 3 is 1.08 bits per heavy atom. The molecule has 0 bridgehead atoms. The largest absolute Gasteiger partial charge is 0.419 e. The third-order valence-electron chi connectivity index (χ3n) is 2.97. The van der Waals surface area contributed by atoms with Crippen LogP contribution in [0.2, 0.25) is 0 Å². The van der Waals surface area contributed by atoms with Crippen molar-refractivity contribution in [3.8, 4) is 0 Å². The van der Waals surface area contributed by atoms with Gasteiger partial charge in [-0.25, -0.2) is 26.3 Å². The highest BCUT2D eigenvalue weighted by molar-refractivity contribution is 5.89. The molecule has 0 heterocycles. The highest BCUT2D eigenvalue weighted by atomic mass is 19.4. The number of hydrogen-bond acceptors (Lipinski definition) is 0. The van der Waals surface area contributed by atoms with Crippen LogP contribution in [-0.2, 0) is 12.4 Å². The molecule has 0 atom stereocenters. The van der Waals surface area contributed by atoms with E-state index in [-0.39, 0.29) is 0 Å². The molecule has 0 nitrogen and oxygen atoms in total. The molecule has 0 aliphatic carbocycles. The Kier molecular flexibility index (Phi) is 3.93. The Labute approximate surface area is 123 Å². The van der Waals surface area contributed by atoms with E-state index >= 15 is 0 Å². The van der Waals surface area contributed by atoms with Crippen LogP contribution in [0.15, 0.2) is 0 Å². The monoisotopic (exact) mass is 372 g/mol. The Morgan fingerprint density at radius 2 is 0.708 bits per heavy atom. The van der Waals surface area contributed by atoms with Crippen molar-refractivity contribution in [2.24, 2.45) is 0 Å². The fourth-order valence-electron chi connectivity index (χ4n) is 2.08. The van der Waals surface area contributed by atoms with Crippen molar-refractivity contribution in [2.45, 2.75) is 12.4 Å². The molecule has 0 saturated carbocycles. The summed E-state index contributed by atoms with van der Waals surface area (Å²) in [6.45, 7) is 0. The number of rotatable bonds is 0. The SMILES string of the molecule is Fc1c(F)c(F)c2c(C(F)(F)F)c(C(F)(F)F)c(F)c(F)c2c1F. The lowest BCUT2D eigenvalue weighted by atomic mass is 9.95. The van der Waals surface area contributed by atoms with Crippen molar-refractivity contribution < 1.29 is 52.7 Å². The maximum absolute atomic E-state index is 13.6. The topological polar surface area (TPSA) is 0 Å². The lowest BCUT2D eigenvalue weighted by Gasteiger charge is -2.20. The van der Waals surface area contributed by atoms with Gasteiger partial charge in [-0.3, -0.25) is 0 Å². The van der Waals surface area contributed by atoms with Gasteiger partial charge in [0.25, 0.3) is 0 Å². The lowest BCUT2D eigenvalue weighted by molar-refractivity contribution is -0.163. The average Bonchev–Trinajstić information content (AvgIpc) is 2.42. The molecule has 2 aromatic carbocycles. The highest BCUT2D eigenvalue weighted by Gasteiger charge is 2.50. The second-order valence-corrected chi connectivity index (χ2v) is 4.38. The van der Waals surface area contributed by atoms with Gasteiger partial charge in [0.2, 0.25) is 0 Å². The quantitative estimate of drug-likeness (QED) is 0.316. The van der Waals surface area contributed by atoms with E-state index in [1.54, 1.807) is 0 Å². The molecule has 2 rings (SSSR count). The van der Waals surface area contributed by atoms with Crippen LogP contribution >= 0.6 is 0 Å². The summed E-state index contributed by atoms with van der Waals surface area (Å²) >= 11 is 0. The zero-order valence-corrected chi connectivity index (χ0v) is 10.5. The summed E-state index contributed by atoms with van der Waals surface area (Å²) in [6.07, 6.45) is -12.4. The average molecular weight is 372 g/mol. The van der Waals surface area contributed by atoms with Crippen molar-refractivity contribution in [2.75, 3.05) is 0 Å². The number of hydrogen-bond donors (Lipinski definition) is 0. The molecule has 0 N–H and O–H groups in total. The molecule has 0 aliphatic heterocycles. The van der Waals surface area contributed by atoms with Crippen molar-refractivity contribution >= 4 is 10.8 Å². The molecular weight excluding hydrogens is 372 g/mol. The molecule has 0 aliphatic rings. The first-order valence-corrected chi connectivity index (χ1v) is 5.52. The second-order valence-electron chi connectivity index (χ2n) is 4.38. The molecule has 0 spiro atoms. The third kappa shape index (κ3) is 2.44. The summed E-state index contributed by atoms with van der Waals surface area (Å²) in [5.41, 5.74) is -6.52. The predicted octanol–water partition coefficient (Wildman–Crippen LogP) is 5.71. The van der Waals surface area contributed by atoms with E-state index in [9.17, 15) is 52.7 Å². The van der Waals surface area contributed by atoms with E-state index in [2.05, 4.69) is 0 Å². The van der Waals surface area contributed by atoms with Crippen LogP contribution in [0.5, 0.6) is 0 Å². The van der Waals surface area contributed by atoms with E-state index in [0.29, 0.717) is 0 Å². The van der Waals surface area contributed by atoms with Gasteiger partial charge in [-0.15, -0.1) is 0 Å². The molecule has 0 unspecified atom stereocenters. The first-order valence-electron chi connectivity index (χ1n) is 5.52. The number of fused-ring (bicyclic) bond motifs is 1. The fourth-order valence-corrected chi connectivity index (χ4v) is 2.08. The summed E-state index contributed by atoms with van der Waals surface area (Å²) in [6, 6.07) is 0. The summed E-state index contributed by atoms with van der Waals surface area (Å²) in [4.78, 5) is 0.